The van der Waals surface area contributed by atoms with Crippen LogP contribution in [-0.2, 0) is 14.1 Å². The Morgan fingerprint density at radius 1 is 1.28 bits per heavy atom. The van der Waals surface area contributed by atoms with Gasteiger partial charge in [0.2, 0.25) is 0 Å². The largest absolute Gasteiger partial charge is 0.442 e. The lowest BCUT2D eigenvalue weighted by atomic mass is 10.3. The van der Waals surface area contributed by atoms with E-state index < -0.39 is 26.0 Å². The van der Waals surface area contributed by atoms with Crippen LogP contribution in [0.1, 0.15) is 6.92 Å². The molecule has 0 radical (unpaired) electrons. The zero-order chi connectivity index (χ0) is 13.8. The molecule has 0 aliphatic rings. The van der Waals surface area contributed by atoms with E-state index in [0.717, 1.165) is 6.92 Å². The first-order chi connectivity index (χ1) is 8.30. The maximum Gasteiger partial charge on any atom is 0.435 e. The van der Waals surface area contributed by atoms with E-state index in [1.807, 2.05) is 0 Å². The van der Waals surface area contributed by atoms with E-state index in [4.69, 9.17) is 0 Å². The molecule has 0 N–H and O–H groups in total. The maximum absolute atomic E-state index is 12.5. The van der Waals surface area contributed by atoms with Gasteiger partial charge in [-0.2, -0.15) is 13.2 Å². The summed E-state index contributed by atoms with van der Waals surface area (Å²) in [5.41, 5.74) is 0. The minimum Gasteiger partial charge on any atom is -0.442 e. The average Bonchev–Trinajstić information content (AvgIpc) is 2.25. The van der Waals surface area contributed by atoms with Crippen molar-refractivity contribution in [3.63, 3.8) is 0 Å². The number of halogens is 3. The minimum atomic E-state index is -4.93. The van der Waals surface area contributed by atoms with Gasteiger partial charge in [0.25, 0.3) is 13.9 Å². The molecule has 0 heterocycles. The van der Waals surface area contributed by atoms with Gasteiger partial charge in [0, 0.05) is 6.92 Å². The molecule has 4 nitrogen and oxygen atoms in total. The Hall–Kier alpha value is -1.49. The predicted molar refractivity (Wildman–Crippen MR) is 57.7 cm³/mol. The third kappa shape index (κ3) is 4.41. The summed E-state index contributed by atoms with van der Waals surface area (Å²) in [4.78, 5) is 10.6. The SMILES string of the molecule is CC(=O)OC([PH](=O)Oc1ccccc1)C(F)(F)F. The molecular weight excluding hydrogens is 272 g/mol. The second kappa shape index (κ2) is 5.91. The van der Waals surface area contributed by atoms with Gasteiger partial charge in [-0.25, -0.2) is 0 Å². The lowest BCUT2D eigenvalue weighted by Gasteiger charge is -2.19. The van der Waals surface area contributed by atoms with Gasteiger partial charge in [-0.15, -0.1) is 0 Å². The molecule has 1 aromatic carbocycles. The summed E-state index contributed by atoms with van der Waals surface area (Å²) in [6.45, 7) is 0.802. The molecule has 0 aromatic heterocycles. The Bertz CT molecular complexity index is 432. The van der Waals surface area contributed by atoms with Crippen molar-refractivity contribution in [2.75, 3.05) is 0 Å². The topological polar surface area (TPSA) is 52.6 Å². The first-order valence-electron chi connectivity index (χ1n) is 4.81. The predicted octanol–water partition coefficient (Wildman–Crippen LogP) is 2.99. The van der Waals surface area contributed by atoms with Gasteiger partial charge in [-0.3, -0.25) is 9.36 Å². The van der Waals surface area contributed by atoms with Crippen molar-refractivity contribution in [3.05, 3.63) is 30.3 Å². The van der Waals surface area contributed by atoms with E-state index in [-0.39, 0.29) is 5.75 Å². The zero-order valence-electron chi connectivity index (χ0n) is 9.23. The molecule has 0 saturated heterocycles. The number of ether oxygens (including phenoxy) is 1. The third-order valence-electron chi connectivity index (χ3n) is 1.76. The Morgan fingerprint density at radius 2 is 1.83 bits per heavy atom. The van der Waals surface area contributed by atoms with Crippen LogP contribution in [0.25, 0.3) is 0 Å². The molecular formula is C10H10F3O4P. The Labute approximate surface area is 102 Å². The van der Waals surface area contributed by atoms with Crippen LogP contribution < -0.4 is 4.52 Å². The van der Waals surface area contributed by atoms with Crippen molar-refractivity contribution in [3.8, 4) is 5.75 Å². The second-order valence-corrected chi connectivity index (χ2v) is 4.63. The molecule has 1 aromatic rings. The van der Waals surface area contributed by atoms with E-state index in [0.29, 0.717) is 0 Å². The number of carbonyl (C=O) groups excluding carboxylic acids is 1. The highest BCUT2D eigenvalue weighted by molar-refractivity contribution is 7.40. The summed E-state index contributed by atoms with van der Waals surface area (Å²) < 4.78 is 57.6. The van der Waals surface area contributed by atoms with Crippen LogP contribution in [-0.4, -0.2) is 18.0 Å². The van der Waals surface area contributed by atoms with Crippen LogP contribution in [0.3, 0.4) is 0 Å². The van der Waals surface area contributed by atoms with Gasteiger partial charge in [0.1, 0.15) is 5.75 Å². The van der Waals surface area contributed by atoms with Crippen molar-refractivity contribution in [2.45, 2.75) is 18.9 Å². The smallest absolute Gasteiger partial charge is 0.435 e. The number of hydrogen-bond acceptors (Lipinski definition) is 4. The number of rotatable bonds is 4. The third-order valence-corrected chi connectivity index (χ3v) is 3.07. The fourth-order valence-electron chi connectivity index (χ4n) is 1.07. The molecule has 2 atom stereocenters. The van der Waals surface area contributed by atoms with E-state index in [2.05, 4.69) is 9.26 Å². The van der Waals surface area contributed by atoms with Gasteiger partial charge in [-0.1, -0.05) is 18.2 Å². The van der Waals surface area contributed by atoms with Crippen molar-refractivity contribution in [1.29, 1.82) is 0 Å². The average molecular weight is 282 g/mol. The fourth-order valence-corrected chi connectivity index (χ4v) is 2.08. The minimum absolute atomic E-state index is 0.0165. The van der Waals surface area contributed by atoms with Gasteiger partial charge >= 0.3 is 12.1 Å². The summed E-state index contributed by atoms with van der Waals surface area (Å²) in [6.07, 6.45) is -4.93. The molecule has 0 amide bonds. The number of hydrogen-bond donors (Lipinski definition) is 0. The number of alkyl halides is 3. The van der Waals surface area contributed by atoms with Crippen LogP contribution in [0.4, 0.5) is 13.2 Å². The normalized spacial score (nSPS) is 14.7. The molecule has 0 spiro atoms. The molecule has 8 heteroatoms. The van der Waals surface area contributed by atoms with Gasteiger partial charge in [0.05, 0.1) is 0 Å². The second-order valence-electron chi connectivity index (χ2n) is 3.27. The molecule has 1 rings (SSSR count). The van der Waals surface area contributed by atoms with E-state index in [9.17, 15) is 22.5 Å². The summed E-state index contributed by atoms with van der Waals surface area (Å²) in [5, 5.41) is 0. The molecule has 0 fully saturated rings. The van der Waals surface area contributed by atoms with E-state index in [1.54, 1.807) is 6.07 Å². The summed E-state index contributed by atoms with van der Waals surface area (Å²) in [5.74, 6) is -3.89. The maximum atomic E-state index is 12.5. The van der Waals surface area contributed by atoms with Crippen molar-refractivity contribution < 1.29 is 31.8 Å². The van der Waals surface area contributed by atoms with Gasteiger partial charge in [-0.05, 0) is 12.1 Å². The molecule has 0 aliphatic carbocycles. The Morgan fingerprint density at radius 3 is 2.28 bits per heavy atom. The zero-order valence-corrected chi connectivity index (χ0v) is 10.2. The van der Waals surface area contributed by atoms with E-state index in [1.165, 1.54) is 24.3 Å². The highest BCUT2D eigenvalue weighted by atomic mass is 31.1. The van der Waals surface area contributed by atoms with Crippen LogP contribution >= 0.6 is 8.03 Å². The number of benzene rings is 1. The van der Waals surface area contributed by atoms with E-state index >= 15 is 0 Å². The lowest BCUT2D eigenvalue weighted by molar-refractivity contribution is -0.198. The standard InChI is InChI=1S/C10H10F3O4P/c1-7(14)16-9(10(11,12)13)18(15)17-8-5-3-2-4-6-8/h2-6,9,18H,1H3. The number of para-hydroxylation sites is 1. The summed E-state index contributed by atoms with van der Waals surface area (Å²) in [6, 6.07) is 7.35. The summed E-state index contributed by atoms with van der Waals surface area (Å²) in [7, 11) is -3.65. The molecule has 2 unspecified atom stereocenters. The van der Waals surface area contributed by atoms with Crippen molar-refractivity contribution in [2.24, 2.45) is 0 Å². The van der Waals surface area contributed by atoms with Crippen molar-refractivity contribution in [1.82, 2.24) is 0 Å². The number of carbonyl (C=O) groups is 1. The van der Waals surface area contributed by atoms with Crippen LogP contribution in [0.15, 0.2) is 30.3 Å². The van der Waals surface area contributed by atoms with Crippen molar-refractivity contribution >= 4 is 14.0 Å². The lowest BCUT2D eigenvalue weighted by Crippen LogP contribution is -2.31. The monoisotopic (exact) mass is 282 g/mol. The number of esters is 1. The van der Waals surface area contributed by atoms with Crippen LogP contribution in [0.2, 0.25) is 0 Å². The highest BCUT2D eigenvalue weighted by Crippen LogP contribution is 2.41. The fraction of sp³-hybridized carbons (Fsp3) is 0.300. The molecule has 0 bridgehead atoms. The first kappa shape index (κ1) is 14.6. The Balaban J connectivity index is 2.80. The van der Waals surface area contributed by atoms with Crippen LogP contribution in [0.5, 0.6) is 5.75 Å². The van der Waals surface area contributed by atoms with Gasteiger partial charge < -0.3 is 9.26 Å². The molecule has 0 saturated carbocycles. The highest BCUT2D eigenvalue weighted by Gasteiger charge is 2.48. The van der Waals surface area contributed by atoms with Gasteiger partial charge in [0.15, 0.2) is 0 Å². The quantitative estimate of drug-likeness (QED) is 0.629. The molecule has 100 valence electrons. The van der Waals surface area contributed by atoms with Crippen LogP contribution in [0, 0.1) is 0 Å². The summed E-state index contributed by atoms with van der Waals surface area (Å²) >= 11 is 0. The first-order valence-corrected chi connectivity index (χ1v) is 6.21. The Kier molecular flexibility index (Phi) is 4.78. The molecule has 0 aliphatic heterocycles. The molecule has 18 heavy (non-hydrogen) atoms.